The molecule has 0 saturated heterocycles. The molecule has 1 aromatic rings. The van der Waals surface area contributed by atoms with Crippen molar-refractivity contribution in [1.29, 1.82) is 0 Å². The minimum Gasteiger partial charge on any atom is -0.313 e. The maximum atomic E-state index is 3.62. The van der Waals surface area contributed by atoms with E-state index in [1.54, 1.807) is 0 Å². The summed E-state index contributed by atoms with van der Waals surface area (Å²) in [5, 5.41) is 5.79. The maximum absolute atomic E-state index is 3.62. The van der Waals surface area contributed by atoms with Gasteiger partial charge in [0.2, 0.25) is 0 Å². The Balaban J connectivity index is 2.00. The van der Waals surface area contributed by atoms with Crippen LogP contribution in [0.2, 0.25) is 0 Å². The molecule has 1 N–H and O–H groups in total. The first-order valence-electron chi connectivity index (χ1n) is 7.24. The molecule has 0 saturated carbocycles. The van der Waals surface area contributed by atoms with E-state index < -0.39 is 0 Å². The summed E-state index contributed by atoms with van der Waals surface area (Å²) in [5.41, 5.74) is 0. The molecular weight excluding hydrogens is 240 g/mol. The minimum atomic E-state index is 0.603. The van der Waals surface area contributed by atoms with E-state index in [2.05, 4.69) is 48.5 Å². The Hall–Kier alpha value is -0.380. The van der Waals surface area contributed by atoms with Crippen molar-refractivity contribution >= 4 is 11.3 Å². The molecule has 1 heterocycles. The van der Waals surface area contributed by atoms with Gasteiger partial charge in [-0.25, -0.2) is 0 Å². The van der Waals surface area contributed by atoms with Crippen LogP contribution in [0.25, 0.3) is 0 Å². The molecule has 0 aromatic carbocycles. The zero-order valence-corrected chi connectivity index (χ0v) is 12.9. The molecule has 0 amide bonds. The largest absolute Gasteiger partial charge is 0.313 e. The van der Waals surface area contributed by atoms with E-state index in [-0.39, 0.29) is 0 Å². The van der Waals surface area contributed by atoms with Gasteiger partial charge in [-0.1, -0.05) is 19.9 Å². The average molecular weight is 268 g/mol. The predicted molar refractivity (Wildman–Crippen MR) is 82.5 cm³/mol. The number of hydrogen-bond donors (Lipinski definition) is 1. The highest BCUT2D eigenvalue weighted by Crippen LogP contribution is 2.11. The van der Waals surface area contributed by atoms with Crippen LogP contribution in [0.1, 0.15) is 38.5 Å². The average Bonchev–Trinajstić information content (AvgIpc) is 2.88. The molecule has 0 fully saturated rings. The molecule has 0 bridgehead atoms. The fourth-order valence-electron chi connectivity index (χ4n) is 2.16. The molecule has 1 aromatic heterocycles. The smallest absolute Gasteiger partial charge is 0.0166 e. The Kier molecular flexibility index (Phi) is 8.31. The molecule has 104 valence electrons. The molecule has 1 rings (SSSR count). The monoisotopic (exact) mass is 268 g/mol. The molecule has 0 radical (unpaired) electrons. The van der Waals surface area contributed by atoms with Gasteiger partial charge in [-0.3, -0.25) is 0 Å². The molecular formula is C15H28N2S. The van der Waals surface area contributed by atoms with Gasteiger partial charge in [0.25, 0.3) is 0 Å². The summed E-state index contributed by atoms with van der Waals surface area (Å²) in [6, 6.07) is 4.98. The van der Waals surface area contributed by atoms with Crippen molar-refractivity contribution in [1.82, 2.24) is 10.2 Å². The third-order valence-corrected chi connectivity index (χ3v) is 4.29. The number of nitrogens with one attached hydrogen (secondary N) is 1. The summed E-state index contributed by atoms with van der Waals surface area (Å²) >= 11 is 1.87. The summed E-state index contributed by atoms with van der Waals surface area (Å²) < 4.78 is 0. The van der Waals surface area contributed by atoms with Gasteiger partial charge in [-0.15, -0.1) is 11.3 Å². The van der Waals surface area contributed by atoms with Crippen LogP contribution in [0.5, 0.6) is 0 Å². The van der Waals surface area contributed by atoms with Gasteiger partial charge in [-0.2, -0.15) is 0 Å². The zero-order chi connectivity index (χ0) is 13.2. The lowest BCUT2D eigenvalue weighted by molar-refractivity contribution is 0.271. The molecule has 0 aliphatic carbocycles. The van der Waals surface area contributed by atoms with Crippen LogP contribution >= 0.6 is 11.3 Å². The third-order valence-electron chi connectivity index (χ3n) is 3.35. The van der Waals surface area contributed by atoms with Crippen molar-refractivity contribution in [3.05, 3.63) is 22.4 Å². The zero-order valence-electron chi connectivity index (χ0n) is 12.1. The van der Waals surface area contributed by atoms with Crippen molar-refractivity contribution in [3.63, 3.8) is 0 Å². The van der Waals surface area contributed by atoms with E-state index in [0.717, 1.165) is 26.2 Å². The second-order valence-electron chi connectivity index (χ2n) is 4.88. The van der Waals surface area contributed by atoms with E-state index in [0.29, 0.717) is 6.04 Å². The standard InChI is InChI=1S/C15H28N2S/c1-4-17(5-2)13-14(3)16-11-7-6-9-15-10-8-12-18-15/h8,10,12,14,16H,4-7,9,11,13H2,1-3H3. The Labute approximate surface area is 116 Å². The van der Waals surface area contributed by atoms with Gasteiger partial charge in [0.05, 0.1) is 0 Å². The minimum absolute atomic E-state index is 0.603. The molecule has 0 spiro atoms. The van der Waals surface area contributed by atoms with E-state index in [1.807, 2.05) is 11.3 Å². The Morgan fingerprint density at radius 3 is 2.67 bits per heavy atom. The molecule has 1 atom stereocenters. The van der Waals surface area contributed by atoms with Crippen LogP contribution < -0.4 is 5.32 Å². The topological polar surface area (TPSA) is 15.3 Å². The van der Waals surface area contributed by atoms with Gasteiger partial charge in [0.15, 0.2) is 0 Å². The normalized spacial score (nSPS) is 13.1. The summed E-state index contributed by atoms with van der Waals surface area (Å²) in [5.74, 6) is 0. The summed E-state index contributed by atoms with van der Waals surface area (Å²) in [7, 11) is 0. The van der Waals surface area contributed by atoms with Gasteiger partial charge < -0.3 is 10.2 Å². The van der Waals surface area contributed by atoms with Crippen LogP contribution in [-0.2, 0) is 6.42 Å². The number of rotatable bonds is 10. The fraction of sp³-hybridized carbons (Fsp3) is 0.733. The number of hydrogen-bond acceptors (Lipinski definition) is 3. The highest BCUT2D eigenvalue weighted by molar-refractivity contribution is 7.09. The van der Waals surface area contributed by atoms with Crippen LogP contribution in [0.3, 0.4) is 0 Å². The number of aryl methyl sites for hydroxylation is 1. The molecule has 1 unspecified atom stereocenters. The van der Waals surface area contributed by atoms with Crippen LogP contribution in [0.15, 0.2) is 17.5 Å². The lowest BCUT2D eigenvalue weighted by atomic mass is 10.2. The number of unbranched alkanes of at least 4 members (excludes halogenated alkanes) is 1. The summed E-state index contributed by atoms with van der Waals surface area (Å²) in [4.78, 5) is 4.00. The first kappa shape index (κ1) is 15.7. The van der Waals surface area contributed by atoms with Gasteiger partial charge in [-0.05, 0) is 57.3 Å². The van der Waals surface area contributed by atoms with E-state index >= 15 is 0 Å². The van der Waals surface area contributed by atoms with Crippen molar-refractivity contribution in [2.75, 3.05) is 26.2 Å². The van der Waals surface area contributed by atoms with E-state index in [1.165, 1.54) is 24.1 Å². The molecule has 2 nitrogen and oxygen atoms in total. The summed E-state index contributed by atoms with van der Waals surface area (Å²) in [6.45, 7) is 11.4. The Bertz CT molecular complexity index is 281. The third kappa shape index (κ3) is 6.53. The number of thiophene rings is 1. The second-order valence-corrected chi connectivity index (χ2v) is 5.91. The predicted octanol–water partition coefficient (Wildman–Crippen LogP) is 3.39. The maximum Gasteiger partial charge on any atom is 0.0166 e. The van der Waals surface area contributed by atoms with Crippen molar-refractivity contribution in [3.8, 4) is 0 Å². The second kappa shape index (κ2) is 9.54. The first-order chi connectivity index (χ1) is 8.76. The SMILES string of the molecule is CCN(CC)CC(C)NCCCCc1cccs1. The lowest BCUT2D eigenvalue weighted by Gasteiger charge is -2.23. The van der Waals surface area contributed by atoms with E-state index in [4.69, 9.17) is 0 Å². The Morgan fingerprint density at radius 1 is 1.28 bits per heavy atom. The van der Waals surface area contributed by atoms with Crippen LogP contribution in [0, 0.1) is 0 Å². The number of likely N-dealkylation sites (N-methyl/N-ethyl adjacent to an activating group) is 1. The van der Waals surface area contributed by atoms with Gasteiger partial charge in [0.1, 0.15) is 0 Å². The van der Waals surface area contributed by atoms with Crippen LogP contribution in [0.4, 0.5) is 0 Å². The fourth-order valence-corrected chi connectivity index (χ4v) is 2.91. The van der Waals surface area contributed by atoms with Crippen molar-refractivity contribution in [2.24, 2.45) is 0 Å². The van der Waals surface area contributed by atoms with Crippen LogP contribution in [-0.4, -0.2) is 37.1 Å². The molecule has 0 aliphatic heterocycles. The van der Waals surface area contributed by atoms with Gasteiger partial charge in [0, 0.05) is 17.5 Å². The summed E-state index contributed by atoms with van der Waals surface area (Å²) in [6.07, 6.45) is 3.82. The lowest BCUT2D eigenvalue weighted by Crippen LogP contribution is -2.39. The molecule has 18 heavy (non-hydrogen) atoms. The molecule has 3 heteroatoms. The van der Waals surface area contributed by atoms with E-state index in [9.17, 15) is 0 Å². The first-order valence-corrected chi connectivity index (χ1v) is 8.12. The Morgan fingerprint density at radius 2 is 2.06 bits per heavy atom. The number of nitrogens with zero attached hydrogens (tertiary/aromatic N) is 1. The van der Waals surface area contributed by atoms with Crippen molar-refractivity contribution in [2.45, 2.75) is 46.1 Å². The highest BCUT2D eigenvalue weighted by Gasteiger charge is 2.05. The van der Waals surface area contributed by atoms with Gasteiger partial charge >= 0.3 is 0 Å². The molecule has 0 aliphatic rings. The highest BCUT2D eigenvalue weighted by atomic mass is 32.1. The quantitative estimate of drug-likeness (QED) is 0.654. The van der Waals surface area contributed by atoms with Crippen molar-refractivity contribution < 1.29 is 0 Å².